The van der Waals surface area contributed by atoms with Crippen molar-refractivity contribution in [3.8, 4) is 0 Å². The number of hydrogen-bond acceptors (Lipinski definition) is 3. The summed E-state index contributed by atoms with van der Waals surface area (Å²) in [6, 6.07) is 11.2. The zero-order valence-electron chi connectivity index (χ0n) is 12.4. The Morgan fingerprint density at radius 3 is 2.17 bits per heavy atom. The molecule has 0 aromatic heterocycles. The number of carbonyl (C=O) groups excluding carboxylic acids is 1. The van der Waals surface area contributed by atoms with Crippen LogP contribution in [0.4, 0.5) is 11.4 Å². The smallest absolute Gasteiger partial charge is 0.257 e. The number of amides is 1. The highest BCUT2D eigenvalue weighted by molar-refractivity contribution is 7.92. The third-order valence-corrected chi connectivity index (χ3v) is 5.01. The molecule has 0 bridgehead atoms. The van der Waals surface area contributed by atoms with Gasteiger partial charge in [-0.3, -0.25) is 9.10 Å². The maximum Gasteiger partial charge on any atom is 0.257 e. The number of rotatable bonds is 4. The molecule has 1 N–H and O–H groups in total. The fourth-order valence-electron chi connectivity index (χ4n) is 1.92. The van der Waals surface area contributed by atoms with Gasteiger partial charge in [0, 0.05) is 7.05 Å². The molecule has 8 heteroatoms. The molecule has 0 spiro atoms. The molecule has 0 unspecified atom stereocenters. The topological polar surface area (TPSA) is 66.5 Å². The zero-order valence-corrected chi connectivity index (χ0v) is 14.7. The lowest BCUT2D eigenvalue weighted by Gasteiger charge is -2.20. The molecule has 0 atom stereocenters. The van der Waals surface area contributed by atoms with Gasteiger partial charge in [0.1, 0.15) is 0 Å². The largest absolute Gasteiger partial charge is 0.319 e. The van der Waals surface area contributed by atoms with Gasteiger partial charge >= 0.3 is 0 Å². The molecule has 0 saturated heterocycles. The second-order valence-corrected chi connectivity index (χ2v) is 7.63. The summed E-state index contributed by atoms with van der Waals surface area (Å²) in [5.41, 5.74) is 0.727. The van der Waals surface area contributed by atoms with Crippen molar-refractivity contribution >= 4 is 50.5 Å². The summed E-state index contributed by atoms with van der Waals surface area (Å²) in [7, 11) is -2.12. The SMILES string of the molecule is CN(c1ccccc1C(=O)Nc1c(Cl)cccc1Cl)S(C)(=O)=O. The van der Waals surface area contributed by atoms with Gasteiger partial charge in [-0.25, -0.2) is 8.42 Å². The molecular weight excluding hydrogens is 359 g/mol. The van der Waals surface area contributed by atoms with E-state index in [1.165, 1.54) is 13.1 Å². The van der Waals surface area contributed by atoms with Gasteiger partial charge in [0.05, 0.1) is 33.2 Å². The fraction of sp³-hybridized carbons (Fsp3) is 0.133. The second kappa shape index (κ2) is 6.78. The highest BCUT2D eigenvalue weighted by Crippen LogP contribution is 2.31. The number of nitrogens with one attached hydrogen (secondary N) is 1. The van der Waals surface area contributed by atoms with Crippen molar-refractivity contribution in [2.45, 2.75) is 0 Å². The lowest BCUT2D eigenvalue weighted by atomic mass is 10.1. The minimum Gasteiger partial charge on any atom is -0.319 e. The third kappa shape index (κ3) is 3.96. The van der Waals surface area contributed by atoms with E-state index in [2.05, 4.69) is 5.32 Å². The predicted octanol–water partition coefficient (Wildman–Crippen LogP) is 3.64. The Kier molecular flexibility index (Phi) is 5.19. The lowest BCUT2D eigenvalue weighted by molar-refractivity contribution is 0.102. The minimum atomic E-state index is -3.50. The van der Waals surface area contributed by atoms with Gasteiger partial charge in [-0.1, -0.05) is 41.4 Å². The molecule has 23 heavy (non-hydrogen) atoms. The van der Waals surface area contributed by atoms with E-state index in [1.807, 2.05) is 0 Å². The van der Waals surface area contributed by atoms with Crippen LogP contribution in [0.5, 0.6) is 0 Å². The van der Waals surface area contributed by atoms with Gasteiger partial charge in [-0.05, 0) is 24.3 Å². The van der Waals surface area contributed by atoms with E-state index < -0.39 is 15.9 Å². The van der Waals surface area contributed by atoms with Gasteiger partial charge in [-0.15, -0.1) is 0 Å². The Labute approximate surface area is 144 Å². The van der Waals surface area contributed by atoms with Crippen LogP contribution in [0.1, 0.15) is 10.4 Å². The van der Waals surface area contributed by atoms with Crippen molar-refractivity contribution in [2.24, 2.45) is 0 Å². The molecule has 0 radical (unpaired) electrons. The molecule has 5 nitrogen and oxygen atoms in total. The van der Waals surface area contributed by atoms with Crippen LogP contribution in [0.25, 0.3) is 0 Å². The van der Waals surface area contributed by atoms with E-state index in [4.69, 9.17) is 23.2 Å². The molecule has 1 amide bonds. The summed E-state index contributed by atoms with van der Waals surface area (Å²) in [6.45, 7) is 0. The summed E-state index contributed by atoms with van der Waals surface area (Å²) in [5.74, 6) is -0.508. The van der Waals surface area contributed by atoms with Gasteiger partial charge < -0.3 is 5.32 Å². The Balaban J connectivity index is 2.42. The van der Waals surface area contributed by atoms with Gasteiger partial charge in [0.2, 0.25) is 10.0 Å². The van der Waals surface area contributed by atoms with Gasteiger partial charge in [0.25, 0.3) is 5.91 Å². The van der Waals surface area contributed by atoms with Crippen LogP contribution in [0.15, 0.2) is 42.5 Å². The second-order valence-electron chi connectivity index (χ2n) is 4.80. The van der Waals surface area contributed by atoms with Crippen LogP contribution in [0.2, 0.25) is 10.0 Å². The van der Waals surface area contributed by atoms with E-state index in [0.717, 1.165) is 10.6 Å². The first kappa shape index (κ1) is 17.6. The number of nitrogens with zero attached hydrogens (tertiary/aromatic N) is 1. The van der Waals surface area contributed by atoms with Crippen LogP contribution in [0, 0.1) is 0 Å². The molecule has 0 fully saturated rings. The molecular formula is C15H14Cl2N2O3S. The summed E-state index contributed by atoms with van der Waals surface area (Å²) in [4.78, 5) is 12.5. The molecule has 0 aliphatic heterocycles. The van der Waals surface area contributed by atoms with E-state index in [0.29, 0.717) is 10.0 Å². The van der Waals surface area contributed by atoms with Crippen molar-refractivity contribution in [1.29, 1.82) is 0 Å². The summed E-state index contributed by atoms with van der Waals surface area (Å²) in [6.07, 6.45) is 1.06. The number of hydrogen-bond donors (Lipinski definition) is 1. The van der Waals surface area contributed by atoms with Crippen molar-refractivity contribution in [2.75, 3.05) is 22.9 Å². The molecule has 2 rings (SSSR count). The number of anilines is 2. The fourth-order valence-corrected chi connectivity index (χ4v) is 2.93. The summed E-state index contributed by atoms with van der Waals surface area (Å²) in [5, 5.41) is 3.20. The van der Waals surface area contributed by atoms with E-state index in [1.54, 1.807) is 36.4 Å². The third-order valence-electron chi connectivity index (χ3n) is 3.19. The standard InChI is InChI=1S/C15H14Cl2N2O3S/c1-19(23(2,21)22)13-9-4-3-6-10(13)15(20)18-14-11(16)7-5-8-12(14)17/h3-9H,1-2H3,(H,18,20). The Morgan fingerprint density at radius 1 is 1.04 bits per heavy atom. The number of carbonyl (C=O) groups is 1. The average Bonchev–Trinajstić information content (AvgIpc) is 2.49. The van der Waals surface area contributed by atoms with Crippen LogP contribution in [-0.4, -0.2) is 27.6 Å². The quantitative estimate of drug-likeness (QED) is 0.890. The van der Waals surface area contributed by atoms with Gasteiger partial charge in [-0.2, -0.15) is 0 Å². The van der Waals surface area contributed by atoms with Crippen molar-refractivity contribution in [3.05, 3.63) is 58.1 Å². The Morgan fingerprint density at radius 2 is 1.61 bits per heavy atom. The normalized spacial score (nSPS) is 11.1. The number of benzene rings is 2. The Bertz CT molecular complexity index is 833. The maximum atomic E-state index is 12.5. The van der Waals surface area contributed by atoms with Crippen molar-refractivity contribution in [3.63, 3.8) is 0 Å². The summed E-state index contributed by atoms with van der Waals surface area (Å²) >= 11 is 12.1. The monoisotopic (exact) mass is 372 g/mol. The van der Waals surface area contributed by atoms with Crippen molar-refractivity contribution < 1.29 is 13.2 Å². The zero-order chi connectivity index (χ0) is 17.2. The minimum absolute atomic E-state index is 0.191. The highest BCUT2D eigenvalue weighted by Gasteiger charge is 2.20. The molecule has 2 aromatic carbocycles. The average molecular weight is 373 g/mol. The maximum absolute atomic E-state index is 12.5. The van der Waals surface area contributed by atoms with Crippen LogP contribution in [-0.2, 0) is 10.0 Å². The highest BCUT2D eigenvalue weighted by atomic mass is 35.5. The van der Waals surface area contributed by atoms with E-state index in [-0.39, 0.29) is 16.9 Å². The van der Waals surface area contributed by atoms with Crippen LogP contribution >= 0.6 is 23.2 Å². The molecule has 2 aromatic rings. The molecule has 0 saturated carbocycles. The Hall–Kier alpha value is -1.76. The van der Waals surface area contributed by atoms with Gasteiger partial charge in [0.15, 0.2) is 0 Å². The molecule has 122 valence electrons. The van der Waals surface area contributed by atoms with E-state index in [9.17, 15) is 13.2 Å². The first-order valence-corrected chi connectivity index (χ1v) is 9.10. The number of sulfonamides is 1. The molecule has 0 aliphatic rings. The molecule has 0 heterocycles. The predicted molar refractivity (Wildman–Crippen MR) is 94.1 cm³/mol. The number of para-hydroxylation sites is 2. The summed E-state index contributed by atoms with van der Waals surface area (Å²) < 4.78 is 24.5. The first-order chi connectivity index (χ1) is 10.7. The lowest BCUT2D eigenvalue weighted by Crippen LogP contribution is -2.27. The first-order valence-electron chi connectivity index (χ1n) is 6.50. The molecule has 0 aliphatic carbocycles. The van der Waals surface area contributed by atoms with E-state index >= 15 is 0 Å². The number of halogens is 2. The van der Waals surface area contributed by atoms with Crippen LogP contribution in [0.3, 0.4) is 0 Å². The van der Waals surface area contributed by atoms with Crippen molar-refractivity contribution in [1.82, 2.24) is 0 Å². The van der Waals surface area contributed by atoms with Crippen LogP contribution < -0.4 is 9.62 Å².